The summed E-state index contributed by atoms with van der Waals surface area (Å²) in [5.74, 6) is 0. The van der Waals surface area contributed by atoms with Crippen LogP contribution in [0.3, 0.4) is 0 Å². The maximum Gasteiger partial charge on any atom is 0.138 e. The van der Waals surface area contributed by atoms with Gasteiger partial charge in [0.15, 0.2) is 0 Å². The van der Waals surface area contributed by atoms with E-state index in [0.29, 0.717) is 0 Å². The molecule has 0 atom stereocenters. The standard InChI is InChI=1S/C12H16N4/c1-3-13-7-11-4-5-12(6-10(11)2)16-9-14-8-15-16/h4-6,8-9,13H,3,7H2,1-2H3. The first-order chi connectivity index (χ1) is 7.81. The summed E-state index contributed by atoms with van der Waals surface area (Å²) in [7, 11) is 0. The molecule has 4 nitrogen and oxygen atoms in total. The summed E-state index contributed by atoms with van der Waals surface area (Å²) >= 11 is 0. The Morgan fingerprint density at radius 1 is 1.38 bits per heavy atom. The van der Waals surface area contributed by atoms with E-state index >= 15 is 0 Å². The van der Waals surface area contributed by atoms with Gasteiger partial charge in [-0.3, -0.25) is 0 Å². The molecular weight excluding hydrogens is 200 g/mol. The summed E-state index contributed by atoms with van der Waals surface area (Å²) in [4.78, 5) is 3.94. The Labute approximate surface area is 95.3 Å². The molecule has 0 unspecified atom stereocenters. The Kier molecular flexibility index (Phi) is 3.31. The highest BCUT2D eigenvalue weighted by Crippen LogP contribution is 2.13. The van der Waals surface area contributed by atoms with Crippen molar-refractivity contribution in [3.05, 3.63) is 42.0 Å². The van der Waals surface area contributed by atoms with Crippen molar-refractivity contribution in [1.29, 1.82) is 0 Å². The molecule has 1 aromatic heterocycles. The largest absolute Gasteiger partial charge is 0.313 e. The second kappa shape index (κ2) is 4.90. The van der Waals surface area contributed by atoms with Gasteiger partial charge in [-0.2, -0.15) is 5.10 Å². The number of aryl methyl sites for hydroxylation is 1. The van der Waals surface area contributed by atoms with Gasteiger partial charge in [-0.1, -0.05) is 13.0 Å². The number of nitrogens with one attached hydrogen (secondary N) is 1. The first-order valence-corrected chi connectivity index (χ1v) is 5.46. The van der Waals surface area contributed by atoms with E-state index in [1.54, 1.807) is 17.3 Å². The minimum absolute atomic E-state index is 0.917. The van der Waals surface area contributed by atoms with E-state index in [9.17, 15) is 0 Å². The van der Waals surface area contributed by atoms with Crippen LogP contribution in [-0.4, -0.2) is 21.3 Å². The Balaban J connectivity index is 2.23. The molecule has 1 aromatic carbocycles. The lowest BCUT2D eigenvalue weighted by Crippen LogP contribution is -2.12. The Hall–Kier alpha value is -1.68. The molecule has 0 spiro atoms. The van der Waals surface area contributed by atoms with Gasteiger partial charge in [0.25, 0.3) is 0 Å². The number of rotatable bonds is 4. The summed E-state index contributed by atoms with van der Waals surface area (Å²) < 4.78 is 1.77. The van der Waals surface area contributed by atoms with E-state index in [4.69, 9.17) is 0 Å². The predicted octanol–water partition coefficient (Wildman–Crippen LogP) is 1.69. The zero-order valence-electron chi connectivity index (χ0n) is 9.64. The summed E-state index contributed by atoms with van der Waals surface area (Å²) in [5.41, 5.74) is 3.65. The smallest absolute Gasteiger partial charge is 0.138 e. The highest BCUT2D eigenvalue weighted by atomic mass is 15.3. The molecule has 0 aliphatic rings. The highest BCUT2D eigenvalue weighted by molar-refractivity contribution is 5.39. The fourth-order valence-corrected chi connectivity index (χ4v) is 1.62. The molecule has 4 heteroatoms. The van der Waals surface area contributed by atoms with Gasteiger partial charge in [0.1, 0.15) is 12.7 Å². The molecule has 0 aliphatic heterocycles. The van der Waals surface area contributed by atoms with Crippen molar-refractivity contribution >= 4 is 0 Å². The molecule has 0 saturated heterocycles. The molecule has 0 bridgehead atoms. The number of nitrogens with zero attached hydrogens (tertiary/aromatic N) is 3. The van der Waals surface area contributed by atoms with E-state index in [1.165, 1.54) is 11.1 Å². The molecule has 0 fully saturated rings. The van der Waals surface area contributed by atoms with Crippen molar-refractivity contribution in [2.75, 3.05) is 6.54 Å². The fourth-order valence-electron chi connectivity index (χ4n) is 1.62. The quantitative estimate of drug-likeness (QED) is 0.845. The minimum atomic E-state index is 0.917. The van der Waals surface area contributed by atoms with Crippen LogP contribution in [0.5, 0.6) is 0 Å². The Morgan fingerprint density at radius 2 is 2.25 bits per heavy atom. The molecule has 1 N–H and O–H groups in total. The van der Waals surface area contributed by atoms with Crippen LogP contribution in [0, 0.1) is 6.92 Å². The second-order valence-corrected chi connectivity index (χ2v) is 3.73. The molecule has 2 aromatic rings. The lowest BCUT2D eigenvalue weighted by molar-refractivity contribution is 0.723. The van der Waals surface area contributed by atoms with Crippen LogP contribution in [0.25, 0.3) is 5.69 Å². The van der Waals surface area contributed by atoms with E-state index in [1.807, 2.05) is 0 Å². The van der Waals surface area contributed by atoms with Crippen LogP contribution in [-0.2, 0) is 6.54 Å². The highest BCUT2D eigenvalue weighted by Gasteiger charge is 2.01. The van der Waals surface area contributed by atoms with Crippen molar-refractivity contribution < 1.29 is 0 Å². The minimum Gasteiger partial charge on any atom is -0.313 e. The maximum atomic E-state index is 4.11. The summed E-state index contributed by atoms with van der Waals surface area (Å²) in [6.45, 7) is 6.14. The number of aromatic nitrogens is 3. The topological polar surface area (TPSA) is 42.7 Å². The monoisotopic (exact) mass is 216 g/mol. The lowest BCUT2D eigenvalue weighted by Gasteiger charge is -2.08. The van der Waals surface area contributed by atoms with Crippen LogP contribution < -0.4 is 5.32 Å². The zero-order valence-corrected chi connectivity index (χ0v) is 9.64. The summed E-state index contributed by atoms with van der Waals surface area (Å²) in [5, 5.41) is 7.43. The number of hydrogen-bond acceptors (Lipinski definition) is 3. The third kappa shape index (κ3) is 2.28. The SMILES string of the molecule is CCNCc1ccc(-n2cncn2)cc1C. The fraction of sp³-hybridized carbons (Fsp3) is 0.333. The van der Waals surface area contributed by atoms with Crippen molar-refractivity contribution in [3.63, 3.8) is 0 Å². The van der Waals surface area contributed by atoms with Gasteiger partial charge in [-0.15, -0.1) is 0 Å². The van der Waals surface area contributed by atoms with Crippen LogP contribution in [0.4, 0.5) is 0 Å². The molecule has 2 rings (SSSR count). The first kappa shape index (κ1) is 10.8. The van der Waals surface area contributed by atoms with Gasteiger partial charge in [0.2, 0.25) is 0 Å². The summed E-state index contributed by atoms with van der Waals surface area (Å²) in [6, 6.07) is 6.32. The third-order valence-electron chi connectivity index (χ3n) is 2.57. The Morgan fingerprint density at radius 3 is 2.88 bits per heavy atom. The van der Waals surface area contributed by atoms with Crippen LogP contribution in [0.1, 0.15) is 18.1 Å². The van der Waals surface area contributed by atoms with Crippen LogP contribution in [0.2, 0.25) is 0 Å². The van der Waals surface area contributed by atoms with E-state index < -0.39 is 0 Å². The predicted molar refractivity (Wildman–Crippen MR) is 63.5 cm³/mol. The number of hydrogen-bond donors (Lipinski definition) is 1. The average molecular weight is 216 g/mol. The lowest BCUT2D eigenvalue weighted by atomic mass is 10.1. The molecule has 1 heterocycles. The van der Waals surface area contributed by atoms with Crippen molar-refractivity contribution in [2.45, 2.75) is 20.4 Å². The molecule has 0 amide bonds. The van der Waals surface area contributed by atoms with Crippen LogP contribution in [0.15, 0.2) is 30.9 Å². The maximum absolute atomic E-state index is 4.11. The third-order valence-corrected chi connectivity index (χ3v) is 2.57. The molecular formula is C12H16N4. The number of benzene rings is 1. The second-order valence-electron chi connectivity index (χ2n) is 3.73. The summed E-state index contributed by atoms with van der Waals surface area (Å²) in [6.07, 6.45) is 3.25. The van der Waals surface area contributed by atoms with E-state index in [-0.39, 0.29) is 0 Å². The van der Waals surface area contributed by atoms with Gasteiger partial charge in [0.05, 0.1) is 5.69 Å². The Bertz CT molecular complexity index is 448. The normalized spacial score (nSPS) is 10.6. The van der Waals surface area contributed by atoms with E-state index in [0.717, 1.165) is 18.8 Å². The van der Waals surface area contributed by atoms with Gasteiger partial charge < -0.3 is 5.32 Å². The van der Waals surface area contributed by atoms with Gasteiger partial charge >= 0.3 is 0 Å². The molecule has 84 valence electrons. The van der Waals surface area contributed by atoms with Crippen molar-refractivity contribution in [3.8, 4) is 5.69 Å². The first-order valence-electron chi connectivity index (χ1n) is 5.46. The van der Waals surface area contributed by atoms with Gasteiger partial charge in [-0.25, -0.2) is 9.67 Å². The zero-order chi connectivity index (χ0) is 11.4. The molecule has 0 saturated carbocycles. The molecule has 16 heavy (non-hydrogen) atoms. The van der Waals surface area contributed by atoms with Crippen molar-refractivity contribution in [2.24, 2.45) is 0 Å². The van der Waals surface area contributed by atoms with E-state index in [2.05, 4.69) is 47.4 Å². The van der Waals surface area contributed by atoms with Crippen molar-refractivity contribution in [1.82, 2.24) is 20.1 Å². The molecule has 0 radical (unpaired) electrons. The van der Waals surface area contributed by atoms with Gasteiger partial charge in [-0.05, 0) is 36.7 Å². The van der Waals surface area contributed by atoms with Gasteiger partial charge in [0, 0.05) is 6.54 Å². The van der Waals surface area contributed by atoms with Crippen LogP contribution >= 0.6 is 0 Å². The molecule has 0 aliphatic carbocycles. The average Bonchev–Trinajstić information content (AvgIpc) is 2.81.